The minimum atomic E-state index is 0.0316. The van der Waals surface area contributed by atoms with Crippen molar-refractivity contribution in [2.75, 3.05) is 19.4 Å². The molecule has 4 nitrogen and oxygen atoms in total. The van der Waals surface area contributed by atoms with Gasteiger partial charge in [0.15, 0.2) is 0 Å². The molecule has 0 spiro atoms. The van der Waals surface area contributed by atoms with Gasteiger partial charge in [0.25, 0.3) is 0 Å². The van der Waals surface area contributed by atoms with Gasteiger partial charge >= 0.3 is 0 Å². The van der Waals surface area contributed by atoms with Gasteiger partial charge in [-0.05, 0) is 52.6 Å². The van der Waals surface area contributed by atoms with Crippen molar-refractivity contribution in [2.24, 2.45) is 0 Å². The highest BCUT2D eigenvalue weighted by Gasteiger charge is 2.13. The Hall–Kier alpha value is -1.81. The SMILES string of the molecule is CN(C)Cc1cccc(NCc2cnn(C(C)(C)C)c2)c1. The second-order valence-electron chi connectivity index (χ2n) is 6.76. The fourth-order valence-electron chi connectivity index (χ4n) is 2.17. The maximum atomic E-state index is 4.43. The van der Waals surface area contributed by atoms with E-state index in [0.29, 0.717) is 0 Å². The molecule has 0 unspecified atom stereocenters. The van der Waals surface area contributed by atoms with E-state index >= 15 is 0 Å². The quantitative estimate of drug-likeness (QED) is 0.915. The second-order valence-corrected chi connectivity index (χ2v) is 6.76. The lowest BCUT2D eigenvalue weighted by atomic mass is 10.1. The standard InChI is InChI=1S/C17H26N4/c1-17(2,3)21-13-15(11-19-21)10-18-16-8-6-7-14(9-16)12-20(4)5/h6-9,11,13,18H,10,12H2,1-5H3. The molecular formula is C17H26N4. The van der Waals surface area contributed by atoms with Gasteiger partial charge in [-0.25, -0.2) is 0 Å². The Labute approximate surface area is 127 Å². The summed E-state index contributed by atoms with van der Waals surface area (Å²) in [6.45, 7) is 8.21. The fraction of sp³-hybridized carbons (Fsp3) is 0.471. The lowest BCUT2D eigenvalue weighted by Gasteiger charge is -2.18. The summed E-state index contributed by atoms with van der Waals surface area (Å²) in [5.74, 6) is 0. The van der Waals surface area contributed by atoms with Crippen molar-refractivity contribution in [3.05, 3.63) is 47.8 Å². The zero-order valence-corrected chi connectivity index (χ0v) is 13.7. The summed E-state index contributed by atoms with van der Waals surface area (Å²) in [4.78, 5) is 2.17. The van der Waals surface area contributed by atoms with Gasteiger partial charge < -0.3 is 10.2 Å². The Kier molecular flexibility index (Phi) is 4.68. The number of rotatable bonds is 5. The number of hydrogen-bond donors (Lipinski definition) is 1. The lowest BCUT2D eigenvalue weighted by molar-refractivity contribution is 0.355. The van der Waals surface area contributed by atoms with Crippen molar-refractivity contribution in [1.82, 2.24) is 14.7 Å². The highest BCUT2D eigenvalue weighted by Crippen LogP contribution is 2.16. The summed E-state index contributed by atoms with van der Waals surface area (Å²) in [7, 11) is 4.17. The zero-order chi connectivity index (χ0) is 15.5. The van der Waals surface area contributed by atoms with Crippen LogP contribution in [0, 0.1) is 0 Å². The van der Waals surface area contributed by atoms with Crippen LogP contribution in [-0.4, -0.2) is 28.8 Å². The van der Waals surface area contributed by atoms with Crippen molar-refractivity contribution in [2.45, 2.75) is 39.4 Å². The summed E-state index contributed by atoms with van der Waals surface area (Å²) >= 11 is 0. The molecule has 1 N–H and O–H groups in total. The Balaban J connectivity index is 1.98. The van der Waals surface area contributed by atoms with Gasteiger partial charge in [0, 0.05) is 30.5 Å². The number of benzene rings is 1. The van der Waals surface area contributed by atoms with Crippen LogP contribution in [0.3, 0.4) is 0 Å². The van der Waals surface area contributed by atoms with Crippen molar-refractivity contribution >= 4 is 5.69 Å². The third-order valence-corrected chi connectivity index (χ3v) is 3.25. The summed E-state index contributed by atoms with van der Waals surface area (Å²) < 4.78 is 2.01. The monoisotopic (exact) mass is 286 g/mol. The van der Waals surface area contributed by atoms with E-state index in [9.17, 15) is 0 Å². The molecule has 0 saturated carbocycles. The molecule has 0 saturated heterocycles. The largest absolute Gasteiger partial charge is 0.381 e. The number of nitrogens with one attached hydrogen (secondary N) is 1. The molecular weight excluding hydrogens is 260 g/mol. The van der Waals surface area contributed by atoms with E-state index in [1.54, 1.807) is 0 Å². The van der Waals surface area contributed by atoms with Crippen LogP contribution < -0.4 is 5.32 Å². The average molecular weight is 286 g/mol. The molecule has 0 aliphatic rings. The molecule has 4 heteroatoms. The lowest BCUT2D eigenvalue weighted by Crippen LogP contribution is -2.21. The molecule has 21 heavy (non-hydrogen) atoms. The number of hydrogen-bond acceptors (Lipinski definition) is 3. The molecule has 0 amide bonds. The van der Waals surface area contributed by atoms with Gasteiger partial charge in [-0.2, -0.15) is 5.10 Å². The van der Waals surface area contributed by atoms with Crippen molar-refractivity contribution in [1.29, 1.82) is 0 Å². The summed E-state index contributed by atoms with van der Waals surface area (Å²) in [5, 5.41) is 7.89. The first kappa shape index (κ1) is 15.6. The zero-order valence-electron chi connectivity index (χ0n) is 13.7. The van der Waals surface area contributed by atoms with Gasteiger partial charge in [0.1, 0.15) is 0 Å². The van der Waals surface area contributed by atoms with E-state index in [1.165, 1.54) is 11.1 Å². The van der Waals surface area contributed by atoms with Gasteiger partial charge in [-0.1, -0.05) is 12.1 Å². The number of anilines is 1. The molecule has 114 valence electrons. The molecule has 2 aromatic rings. The van der Waals surface area contributed by atoms with Crippen LogP contribution in [0.5, 0.6) is 0 Å². The summed E-state index contributed by atoms with van der Waals surface area (Å²) in [6, 6.07) is 8.56. The number of aromatic nitrogens is 2. The molecule has 0 radical (unpaired) electrons. The first-order chi connectivity index (χ1) is 9.84. The highest BCUT2D eigenvalue weighted by atomic mass is 15.3. The summed E-state index contributed by atoms with van der Waals surface area (Å²) in [5.41, 5.74) is 3.69. The summed E-state index contributed by atoms with van der Waals surface area (Å²) in [6.07, 6.45) is 4.04. The van der Waals surface area contributed by atoms with Gasteiger partial charge in [-0.15, -0.1) is 0 Å². The molecule has 1 aromatic carbocycles. The molecule has 0 aliphatic heterocycles. The molecule has 0 atom stereocenters. The normalized spacial score (nSPS) is 11.9. The third kappa shape index (κ3) is 4.60. The van der Waals surface area contributed by atoms with E-state index in [1.807, 2.05) is 10.9 Å². The average Bonchev–Trinajstić information content (AvgIpc) is 2.84. The van der Waals surface area contributed by atoms with Crippen molar-refractivity contribution in [3.8, 4) is 0 Å². The van der Waals surface area contributed by atoms with Crippen LogP contribution in [0.2, 0.25) is 0 Å². The smallest absolute Gasteiger partial charge is 0.0543 e. The van der Waals surface area contributed by atoms with E-state index in [4.69, 9.17) is 0 Å². The second kappa shape index (κ2) is 6.31. The van der Waals surface area contributed by atoms with Crippen LogP contribution in [0.4, 0.5) is 5.69 Å². The van der Waals surface area contributed by atoms with E-state index < -0.39 is 0 Å². The molecule has 0 aliphatic carbocycles. The van der Waals surface area contributed by atoms with E-state index in [2.05, 4.69) is 80.6 Å². The Bertz CT molecular complexity index is 578. The maximum absolute atomic E-state index is 4.43. The maximum Gasteiger partial charge on any atom is 0.0543 e. The predicted molar refractivity (Wildman–Crippen MR) is 88.4 cm³/mol. The minimum Gasteiger partial charge on any atom is -0.381 e. The van der Waals surface area contributed by atoms with Gasteiger partial charge in [0.2, 0.25) is 0 Å². The number of nitrogens with zero attached hydrogens (tertiary/aromatic N) is 3. The van der Waals surface area contributed by atoms with E-state index in [0.717, 1.165) is 18.8 Å². The molecule has 2 rings (SSSR count). The van der Waals surface area contributed by atoms with Crippen molar-refractivity contribution in [3.63, 3.8) is 0 Å². The first-order valence-electron chi connectivity index (χ1n) is 7.36. The fourth-order valence-corrected chi connectivity index (χ4v) is 2.17. The van der Waals surface area contributed by atoms with Gasteiger partial charge in [-0.3, -0.25) is 4.68 Å². The Morgan fingerprint density at radius 2 is 1.95 bits per heavy atom. The first-order valence-corrected chi connectivity index (χ1v) is 7.36. The van der Waals surface area contributed by atoms with Crippen LogP contribution in [-0.2, 0) is 18.6 Å². The van der Waals surface area contributed by atoms with Crippen LogP contribution in [0.1, 0.15) is 31.9 Å². The minimum absolute atomic E-state index is 0.0316. The predicted octanol–water partition coefficient (Wildman–Crippen LogP) is 3.31. The van der Waals surface area contributed by atoms with Crippen LogP contribution in [0.15, 0.2) is 36.7 Å². The van der Waals surface area contributed by atoms with Crippen LogP contribution in [0.25, 0.3) is 0 Å². The Morgan fingerprint density at radius 3 is 2.57 bits per heavy atom. The van der Waals surface area contributed by atoms with Crippen molar-refractivity contribution < 1.29 is 0 Å². The molecule has 1 aromatic heterocycles. The molecule has 0 bridgehead atoms. The third-order valence-electron chi connectivity index (χ3n) is 3.25. The molecule has 1 heterocycles. The van der Waals surface area contributed by atoms with E-state index in [-0.39, 0.29) is 5.54 Å². The molecule has 0 fully saturated rings. The topological polar surface area (TPSA) is 33.1 Å². The Morgan fingerprint density at radius 1 is 1.19 bits per heavy atom. The van der Waals surface area contributed by atoms with Crippen LogP contribution >= 0.6 is 0 Å². The van der Waals surface area contributed by atoms with Gasteiger partial charge in [0.05, 0.1) is 11.7 Å². The highest BCUT2D eigenvalue weighted by molar-refractivity contribution is 5.46.